The molecule has 8 heteroatoms. The van der Waals surface area contributed by atoms with Gasteiger partial charge in [0.25, 0.3) is 0 Å². The SMILES string of the molecule is CN=C(NCc1ccc(OC)c(C(=O)OC)c1)NCc1cccs1.I. The lowest BCUT2D eigenvalue weighted by Gasteiger charge is -2.13. The molecule has 25 heavy (non-hydrogen) atoms. The van der Waals surface area contributed by atoms with Crippen molar-refractivity contribution >= 4 is 47.2 Å². The summed E-state index contributed by atoms with van der Waals surface area (Å²) in [6, 6.07) is 9.49. The van der Waals surface area contributed by atoms with Crippen LogP contribution in [0.15, 0.2) is 40.7 Å². The maximum Gasteiger partial charge on any atom is 0.341 e. The summed E-state index contributed by atoms with van der Waals surface area (Å²) in [5, 5.41) is 8.51. The average molecular weight is 475 g/mol. The van der Waals surface area contributed by atoms with Crippen molar-refractivity contribution < 1.29 is 14.3 Å². The first kappa shape index (κ1) is 21.2. The molecule has 2 rings (SSSR count). The molecule has 1 heterocycles. The minimum atomic E-state index is -0.422. The predicted molar refractivity (Wildman–Crippen MR) is 111 cm³/mol. The van der Waals surface area contributed by atoms with E-state index in [-0.39, 0.29) is 24.0 Å². The Morgan fingerprint density at radius 1 is 1.20 bits per heavy atom. The first-order chi connectivity index (χ1) is 11.7. The lowest BCUT2D eigenvalue weighted by atomic mass is 10.1. The molecule has 0 amide bonds. The van der Waals surface area contributed by atoms with Crippen molar-refractivity contribution in [2.24, 2.45) is 4.99 Å². The highest BCUT2D eigenvalue weighted by Crippen LogP contribution is 2.20. The first-order valence-electron chi connectivity index (χ1n) is 7.40. The molecular weight excluding hydrogens is 453 g/mol. The van der Waals surface area contributed by atoms with Gasteiger partial charge in [-0.1, -0.05) is 12.1 Å². The topological polar surface area (TPSA) is 72.0 Å². The van der Waals surface area contributed by atoms with E-state index in [1.54, 1.807) is 30.5 Å². The highest BCUT2D eigenvalue weighted by atomic mass is 127. The van der Waals surface area contributed by atoms with Crippen molar-refractivity contribution in [3.63, 3.8) is 0 Å². The van der Waals surface area contributed by atoms with E-state index in [4.69, 9.17) is 9.47 Å². The summed E-state index contributed by atoms with van der Waals surface area (Å²) in [7, 11) is 4.59. The number of guanidine groups is 1. The van der Waals surface area contributed by atoms with Gasteiger partial charge >= 0.3 is 5.97 Å². The van der Waals surface area contributed by atoms with Crippen molar-refractivity contribution in [3.05, 3.63) is 51.7 Å². The van der Waals surface area contributed by atoms with Gasteiger partial charge in [-0.05, 0) is 29.1 Å². The number of hydrogen-bond donors (Lipinski definition) is 2. The molecule has 0 aliphatic carbocycles. The summed E-state index contributed by atoms with van der Waals surface area (Å²) >= 11 is 1.69. The van der Waals surface area contributed by atoms with Crippen LogP contribution in [0.1, 0.15) is 20.8 Å². The van der Waals surface area contributed by atoms with Gasteiger partial charge in [0.05, 0.1) is 20.8 Å². The quantitative estimate of drug-likeness (QED) is 0.291. The third-order valence-electron chi connectivity index (χ3n) is 3.36. The molecule has 0 saturated carbocycles. The zero-order valence-electron chi connectivity index (χ0n) is 14.4. The first-order valence-corrected chi connectivity index (χ1v) is 8.28. The van der Waals surface area contributed by atoms with Crippen LogP contribution >= 0.6 is 35.3 Å². The second-order valence-electron chi connectivity index (χ2n) is 4.88. The standard InChI is InChI=1S/C17H21N3O3S.HI/c1-18-17(20-11-13-5-4-8-24-13)19-10-12-6-7-15(22-2)14(9-12)16(21)23-3;/h4-9H,10-11H2,1-3H3,(H2,18,19,20);1H. The number of halogens is 1. The van der Waals surface area contributed by atoms with Gasteiger partial charge in [0.15, 0.2) is 5.96 Å². The largest absolute Gasteiger partial charge is 0.496 e. The third-order valence-corrected chi connectivity index (χ3v) is 4.24. The molecule has 1 aromatic heterocycles. The Hall–Kier alpha value is -1.81. The number of nitrogens with one attached hydrogen (secondary N) is 2. The van der Waals surface area contributed by atoms with E-state index in [1.807, 2.05) is 17.5 Å². The second kappa shape index (κ2) is 10.9. The molecule has 0 fully saturated rings. The summed E-state index contributed by atoms with van der Waals surface area (Å²) in [4.78, 5) is 17.2. The number of methoxy groups -OCH3 is 2. The van der Waals surface area contributed by atoms with Gasteiger partial charge in [0, 0.05) is 18.5 Å². The van der Waals surface area contributed by atoms with Gasteiger partial charge in [0.1, 0.15) is 11.3 Å². The van der Waals surface area contributed by atoms with Gasteiger partial charge in [0.2, 0.25) is 0 Å². The number of rotatable bonds is 6. The highest BCUT2D eigenvalue weighted by Gasteiger charge is 2.13. The van der Waals surface area contributed by atoms with Gasteiger partial charge in [-0.25, -0.2) is 4.79 Å². The molecule has 2 aromatic rings. The lowest BCUT2D eigenvalue weighted by molar-refractivity contribution is 0.0597. The van der Waals surface area contributed by atoms with E-state index in [0.29, 0.717) is 30.4 Å². The fourth-order valence-corrected chi connectivity index (χ4v) is 2.77. The Morgan fingerprint density at radius 3 is 2.56 bits per heavy atom. The summed E-state index contributed by atoms with van der Waals surface area (Å²) in [6.07, 6.45) is 0. The van der Waals surface area contributed by atoms with Crippen LogP contribution in [0.25, 0.3) is 0 Å². The molecule has 0 unspecified atom stereocenters. The molecule has 0 aliphatic rings. The number of carbonyl (C=O) groups excluding carboxylic acids is 1. The van der Waals surface area contributed by atoms with E-state index >= 15 is 0 Å². The molecule has 0 spiro atoms. The number of aliphatic imine (C=N–C) groups is 1. The molecule has 6 nitrogen and oxygen atoms in total. The smallest absolute Gasteiger partial charge is 0.341 e. The Bertz CT molecular complexity index is 705. The molecule has 0 aliphatic heterocycles. The molecule has 0 bridgehead atoms. The van der Waals surface area contributed by atoms with Crippen LogP contribution in [0, 0.1) is 0 Å². The van der Waals surface area contributed by atoms with Gasteiger partial charge in [-0.15, -0.1) is 35.3 Å². The zero-order chi connectivity index (χ0) is 17.4. The highest BCUT2D eigenvalue weighted by molar-refractivity contribution is 14.0. The van der Waals surface area contributed by atoms with Crippen LogP contribution in [0.3, 0.4) is 0 Å². The number of nitrogens with zero attached hydrogens (tertiary/aromatic N) is 1. The summed E-state index contributed by atoms with van der Waals surface area (Å²) in [5.41, 5.74) is 1.33. The molecule has 0 saturated heterocycles. The van der Waals surface area contributed by atoms with E-state index in [2.05, 4.69) is 21.7 Å². The minimum Gasteiger partial charge on any atom is -0.496 e. The normalized spacial score (nSPS) is 10.6. The van der Waals surface area contributed by atoms with Crippen LogP contribution in [0.4, 0.5) is 0 Å². The van der Waals surface area contributed by atoms with Gasteiger partial charge < -0.3 is 20.1 Å². The Kier molecular flexibility index (Phi) is 9.28. The molecular formula is C17H22IN3O3S. The summed E-state index contributed by atoms with van der Waals surface area (Å²) in [6.45, 7) is 1.24. The van der Waals surface area contributed by atoms with E-state index in [9.17, 15) is 4.79 Å². The fraction of sp³-hybridized carbons (Fsp3) is 0.294. The van der Waals surface area contributed by atoms with Crippen LogP contribution in [0.2, 0.25) is 0 Å². The van der Waals surface area contributed by atoms with E-state index in [1.165, 1.54) is 19.1 Å². The monoisotopic (exact) mass is 475 g/mol. The van der Waals surface area contributed by atoms with Crippen molar-refractivity contribution in [3.8, 4) is 5.75 Å². The summed E-state index contributed by atoms with van der Waals surface area (Å²) in [5.74, 6) is 0.763. The van der Waals surface area contributed by atoms with Crippen molar-refractivity contribution in [2.45, 2.75) is 13.1 Å². The van der Waals surface area contributed by atoms with Crippen molar-refractivity contribution in [2.75, 3.05) is 21.3 Å². The number of esters is 1. The fourth-order valence-electron chi connectivity index (χ4n) is 2.12. The van der Waals surface area contributed by atoms with Crippen LogP contribution < -0.4 is 15.4 Å². The molecule has 2 N–H and O–H groups in total. The molecule has 0 radical (unpaired) electrons. The maximum atomic E-state index is 11.8. The van der Waals surface area contributed by atoms with Gasteiger partial charge in [-0.2, -0.15) is 0 Å². The summed E-state index contributed by atoms with van der Waals surface area (Å²) < 4.78 is 9.98. The minimum absolute atomic E-state index is 0. The maximum absolute atomic E-state index is 11.8. The molecule has 0 atom stereocenters. The van der Waals surface area contributed by atoms with Crippen molar-refractivity contribution in [1.29, 1.82) is 0 Å². The lowest BCUT2D eigenvalue weighted by Crippen LogP contribution is -2.36. The number of carbonyl (C=O) groups is 1. The number of thiophene rings is 1. The van der Waals surface area contributed by atoms with E-state index in [0.717, 1.165) is 5.56 Å². The second-order valence-corrected chi connectivity index (χ2v) is 5.92. The molecule has 1 aromatic carbocycles. The van der Waals surface area contributed by atoms with Gasteiger partial charge in [-0.3, -0.25) is 4.99 Å². The van der Waals surface area contributed by atoms with Crippen molar-refractivity contribution in [1.82, 2.24) is 10.6 Å². The Labute approximate surface area is 168 Å². The number of ether oxygens (including phenoxy) is 2. The zero-order valence-corrected chi connectivity index (χ0v) is 17.5. The average Bonchev–Trinajstić information content (AvgIpc) is 3.14. The third kappa shape index (κ3) is 6.20. The predicted octanol–water partition coefficient (Wildman–Crippen LogP) is 3.03. The molecule has 136 valence electrons. The van der Waals surface area contributed by atoms with Crippen LogP contribution in [-0.4, -0.2) is 33.2 Å². The van der Waals surface area contributed by atoms with Crippen LogP contribution in [-0.2, 0) is 17.8 Å². The van der Waals surface area contributed by atoms with E-state index < -0.39 is 5.97 Å². The van der Waals surface area contributed by atoms with Crippen LogP contribution in [0.5, 0.6) is 5.75 Å². The number of benzene rings is 1. The Morgan fingerprint density at radius 2 is 1.96 bits per heavy atom. The Balaban J connectivity index is 0.00000312. The number of hydrogen-bond acceptors (Lipinski definition) is 5.